The van der Waals surface area contributed by atoms with Gasteiger partial charge in [0.1, 0.15) is 17.3 Å². The first-order chi connectivity index (χ1) is 19.7. The standard InChI is InChI=1S/C31H38N6O4/c1-7-27(38)33-23-13-12-21(20-10-8-9-11-20)14-24(23)34-30-32-16-22-17-37(31(39)36(4)29(22)35-30)28-18(2)25(40-5)15-26(41-6)19(28)3/h7-11,15-16,20-21,23-24H,1,12-14,17H2,2-6H3,(H,33,38)(H,32,34,35)/t21?,23-,24+/m0/s1. The van der Waals surface area contributed by atoms with E-state index in [1.807, 2.05) is 19.9 Å². The Morgan fingerprint density at radius 3 is 2.41 bits per heavy atom. The minimum atomic E-state index is -0.211. The summed E-state index contributed by atoms with van der Waals surface area (Å²) >= 11 is 0. The van der Waals surface area contributed by atoms with E-state index >= 15 is 0 Å². The van der Waals surface area contributed by atoms with Gasteiger partial charge in [0.25, 0.3) is 0 Å². The highest BCUT2D eigenvalue weighted by Crippen LogP contribution is 2.42. The van der Waals surface area contributed by atoms with E-state index in [2.05, 4.69) is 46.5 Å². The van der Waals surface area contributed by atoms with Crippen molar-refractivity contribution in [3.05, 3.63) is 65.9 Å². The number of allylic oxidation sites excluding steroid dienone is 4. The molecule has 1 aromatic carbocycles. The van der Waals surface area contributed by atoms with Gasteiger partial charge in [0.2, 0.25) is 11.9 Å². The van der Waals surface area contributed by atoms with Gasteiger partial charge in [-0.2, -0.15) is 4.98 Å². The summed E-state index contributed by atoms with van der Waals surface area (Å²) in [7, 11) is 4.92. The normalized spacial score (nSPS) is 22.0. The fraction of sp³-hybridized carbons (Fsp3) is 0.419. The average Bonchev–Trinajstić information content (AvgIpc) is 3.52. The second kappa shape index (κ2) is 11.6. The molecule has 2 aromatic rings. The molecule has 0 spiro atoms. The lowest BCUT2D eigenvalue weighted by Gasteiger charge is -2.39. The third kappa shape index (κ3) is 5.38. The Morgan fingerprint density at radius 2 is 1.78 bits per heavy atom. The number of methoxy groups -OCH3 is 2. The number of nitrogens with one attached hydrogen (secondary N) is 2. The number of nitrogens with zero attached hydrogens (tertiary/aromatic N) is 4. The van der Waals surface area contributed by atoms with Crippen LogP contribution in [-0.4, -0.2) is 55.3 Å². The number of fused-ring (bicyclic) bond motifs is 1. The predicted molar refractivity (Wildman–Crippen MR) is 160 cm³/mol. The van der Waals surface area contributed by atoms with Crippen molar-refractivity contribution in [1.82, 2.24) is 15.3 Å². The van der Waals surface area contributed by atoms with Gasteiger partial charge in [-0.1, -0.05) is 30.9 Å². The van der Waals surface area contributed by atoms with E-state index in [9.17, 15) is 9.59 Å². The van der Waals surface area contributed by atoms with Crippen molar-refractivity contribution in [1.29, 1.82) is 0 Å². The molecule has 3 aliphatic rings. The van der Waals surface area contributed by atoms with Crippen LogP contribution < -0.4 is 29.9 Å². The number of hydrogen-bond donors (Lipinski definition) is 2. The van der Waals surface area contributed by atoms with Crippen molar-refractivity contribution in [2.75, 3.05) is 36.4 Å². The van der Waals surface area contributed by atoms with Crippen LogP contribution in [0.1, 0.15) is 36.0 Å². The van der Waals surface area contributed by atoms with Gasteiger partial charge in [-0.15, -0.1) is 0 Å². The molecule has 2 N–H and O–H groups in total. The van der Waals surface area contributed by atoms with Gasteiger partial charge in [-0.3, -0.25) is 14.6 Å². The maximum absolute atomic E-state index is 13.7. The smallest absolute Gasteiger partial charge is 0.330 e. The number of carbonyl (C=O) groups is 2. The van der Waals surface area contributed by atoms with Crippen LogP contribution in [0.15, 0.2) is 49.2 Å². The van der Waals surface area contributed by atoms with Gasteiger partial charge in [0.15, 0.2) is 0 Å². The van der Waals surface area contributed by atoms with Gasteiger partial charge < -0.3 is 20.1 Å². The summed E-state index contributed by atoms with van der Waals surface area (Å²) < 4.78 is 11.1. The van der Waals surface area contributed by atoms with Crippen LogP contribution in [0, 0.1) is 25.7 Å². The second-order valence-corrected chi connectivity index (χ2v) is 10.8. The summed E-state index contributed by atoms with van der Waals surface area (Å²) in [4.78, 5) is 38.6. The lowest BCUT2D eigenvalue weighted by molar-refractivity contribution is -0.117. The van der Waals surface area contributed by atoms with Crippen LogP contribution in [-0.2, 0) is 11.3 Å². The number of anilines is 3. The molecule has 10 nitrogen and oxygen atoms in total. The molecule has 5 rings (SSSR count). The average molecular weight is 559 g/mol. The van der Waals surface area contributed by atoms with Crippen molar-refractivity contribution in [2.45, 2.75) is 51.7 Å². The number of urea groups is 1. The highest BCUT2D eigenvalue weighted by atomic mass is 16.5. The van der Waals surface area contributed by atoms with Crippen molar-refractivity contribution in [2.24, 2.45) is 11.8 Å². The maximum Gasteiger partial charge on any atom is 0.330 e. The van der Waals surface area contributed by atoms with E-state index < -0.39 is 0 Å². The Balaban J connectivity index is 1.42. The van der Waals surface area contributed by atoms with Gasteiger partial charge in [-0.25, -0.2) is 9.78 Å². The summed E-state index contributed by atoms with van der Waals surface area (Å²) in [5.41, 5.74) is 3.26. The molecule has 216 valence electrons. The molecule has 1 fully saturated rings. The Labute approximate surface area is 241 Å². The molecule has 1 saturated carbocycles. The van der Waals surface area contributed by atoms with Gasteiger partial charge in [0, 0.05) is 48.1 Å². The molecule has 3 amide bonds. The number of amides is 3. The largest absolute Gasteiger partial charge is 0.496 e. The Morgan fingerprint density at radius 1 is 1.10 bits per heavy atom. The highest BCUT2D eigenvalue weighted by molar-refractivity contribution is 6.06. The Kier molecular flexibility index (Phi) is 8.01. The quantitative estimate of drug-likeness (QED) is 0.453. The van der Waals surface area contributed by atoms with Crippen LogP contribution in [0.5, 0.6) is 11.5 Å². The molecule has 41 heavy (non-hydrogen) atoms. The van der Waals surface area contributed by atoms with Gasteiger partial charge in [-0.05, 0) is 51.0 Å². The number of aromatic nitrogens is 2. The third-order valence-corrected chi connectivity index (χ3v) is 8.47. The van der Waals surface area contributed by atoms with Gasteiger partial charge in [0.05, 0.1) is 26.5 Å². The second-order valence-electron chi connectivity index (χ2n) is 10.8. The summed E-state index contributed by atoms with van der Waals surface area (Å²) in [6.45, 7) is 7.78. The number of ether oxygens (including phenoxy) is 2. The van der Waals surface area contributed by atoms with E-state index in [4.69, 9.17) is 14.5 Å². The zero-order valence-corrected chi connectivity index (χ0v) is 24.3. The molecular weight excluding hydrogens is 520 g/mol. The van der Waals surface area contributed by atoms with Crippen molar-refractivity contribution in [3.63, 3.8) is 0 Å². The van der Waals surface area contributed by atoms with Crippen molar-refractivity contribution >= 4 is 29.4 Å². The van der Waals surface area contributed by atoms with E-state index in [1.165, 1.54) is 6.08 Å². The fourth-order valence-corrected chi connectivity index (χ4v) is 6.29. The topological polar surface area (TPSA) is 109 Å². The molecule has 1 aliphatic heterocycles. The highest BCUT2D eigenvalue weighted by Gasteiger charge is 2.36. The summed E-state index contributed by atoms with van der Waals surface area (Å²) in [6.07, 6.45) is 14.4. The molecule has 2 aliphatic carbocycles. The van der Waals surface area contributed by atoms with E-state index in [0.717, 1.165) is 41.6 Å². The molecule has 0 saturated heterocycles. The van der Waals surface area contributed by atoms with E-state index in [-0.39, 0.29) is 24.0 Å². The number of rotatable bonds is 8. The molecule has 1 unspecified atom stereocenters. The van der Waals surface area contributed by atoms with Crippen molar-refractivity contribution < 1.29 is 19.1 Å². The SMILES string of the molecule is C=CC(=O)N[C@H]1CCC(C2C=CC=C2)C[C@H]1Nc1ncc2c(n1)N(C)C(=O)N(c1c(C)c(OC)cc(OC)c1C)C2. The predicted octanol–water partition coefficient (Wildman–Crippen LogP) is 4.68. The fourth-order valence-electron chi connectivity index (χ4n) is 6.29. The Hall–Kier alpha value is -4.34. The first-order valence-electron chi connectivity index (χ1n) is 13.9. The van der Waals surface area contributed by atoms with Crippen molar-refractivity contribution in [3.8, 4) is 11.5 Å². The molecule has 3 atom stereocenters. The van der Waals surface area contributed by atoms with Crippen LogP contribution in [0.4, 0.5) is 22.2 Å². The first-order valence-corrected chi connectivity index (χ1v) is 13.9. The lowest BCUT2D eigenvalue weighted by atomic mass is 9.76. The van der Waals surface area contributed by atoms with E-state index in [0.29, 0.717) is 41.6 Å². The zero-order valence-electron chi connectivity index (χ0n) is 24.3. The number of hydrogen-bond acceptors (Lipinski definition) is 7. The van der Waals surface area contributed by atoms with E-state index in [1.54, 1.807) is 37.3 Å². The third-order valence-electron chi connectivity index (χ3n) is 8.47. The van der Waals surface area contributed by atoms with Gasteiger partial charge >= 0.3 is 6.03 Å². The monoisotopic (exact) mass is 558 g/mol. The zero-order chi connectivity index (χ0) is 29.3. The molecule has 1 aromatic heterocycles. The molecule has 2 heterocycles. The first kappa shape index (κ1) is 28.2. The number of carbonyl (C=O) groups excluding carboxylic acids is 2. The maximum atomic E-state index is 13.7. The van der Waals surface area contributed by atoms with Crippen LogP contribution in [0.2, 0.25) is 0 Å². The lowest BCUT2D eigenvalue weighted by Crippen LogP contribution is -2.51. The van der Waals surface area contributed by atoms with Crippen LogP contribution >= 0.6 is 0 Å². The summed E-state index contributed by atoms with van der Waals surface area (Å²) in [6, 6.07) is 1.46. The summed E-state index contributed by atoms with van der Waals surface area (Å²) in [5.74, 6) is 2.90. The summed E-state index contributed by atoms with van der Waals surface area (Å²) in [5, 5.41) is 6.57. The Bertz CT molecular complexity index is 1380. The molecule has 0 bridgehead atoms. The molecule has 10 heteroatoms. The van der Waals surface area contributed by atoms with Crippen LogP contribution in [0.3, 0.4) is 0 Å². The van der Waals surface area contributed by atoms with Crippen LogP contribution in [0.25, 0.3) is 0 Å². The number of benzene rings is 1. The molecule has 0 radical (unpaired) electrons. The molecular formula is C31H38N6O4. The minimum Gasteiger partial charge on any atom is -0.496 e. The minimum absolute atomic E-state index is 0.0752.